The van der Waals surface area contributed by atoms with Gasteiger partial charge in [-0.05, 0) is 17.7 Å². The van der Waals surface area contributed by atoms with Crippen LogP contribution in [0.25, 0.3) is 0 Å². The smallest absolute Gasteiger partial charge is 0.0768 e. The molecule has 4 heteroatoms. The van der Waals surface area contributed by atoms with Crippen LogP contribution in [0.4, 0.5) is 0 Å². The number of aliphatic hydroxyl groups is 1. The Hall–Kier alpha value is -0.970. The molecule has 3 nitrogen and oxygen atoms in total. The van der Waals surface area contributed by atoms with Crippen LogP contribution in [0.3, 0.4) is 0 Å². The summed E-state index contributed by atoms with van der Waals surface area (Å²) in [5.74, 6) is 0.233. The molecular weight excluding hydrogens is 244 g/mol. The predicted molar refractivity (Wildman–Crippen MR) is 79.3 cm³/mol. The van der Waals surface area contributed by atoms with Gasteiger partial charge in [-0.2, -0.15) is 0 Å². The summed E-state index contributed by atoms with van der Waals surface area (Å²) in [6.07, 6.45) is 0. The lowest BCUT2D eigenvalue weighted by molar-refractivity contribution is 0.264. The van der Waals surface area contributed by atoms with Gasteiger partial charge in [-0.25, -0.2) is 0 Å². The average Bonchev–Trinajstić information content (AvgIpc) is 2.38. The van der Waals surface area contributed by atoms with E-state index in [4.69, 9.17) is 23.1 Å². The van der Waals surface area contributed by atoms with Crippen LogP contribution in [0.1, 0.15) is 25.0 Å². The number of benzene rings is 1. The molecule has 0 amide bonds. The number of hydrogen-bond acceptors (Lipinski definition) is 3. The van der Waals surface area contributed by atoms with E-state index >= 15 is 0 Å². The first-order chi connectivity index (χ1) is 8.56. The zero-order valence-corrected chi connectivity index (χ0v) is 11.9. The van der Waals surface area contributed by atoms with Crippen LogP contribution in [0.5, 0.6) is 0 Å². The Morgan fingerprint density at radius 1 is 1.33 bits per heavy atom. The molecule has 18 heavy (non-hydrogen) atoms. The van der Waals surface area contributed by atoms with Gasteiger partial charge in [0.2, 0.25) is 0 Å². The Balaban J connectivity index is 2.58. The molecule has 0 aliphatic heterocycles. The molecular formula is C14H22N2OS. The zero-order chi connectivity index (χ0) is 13.5. The largest absolute Gasteiger partial charge is 0.393 e. The van der Waals surface area contributed by atoms with E-state index in [2.05, 4.69) is 30.9 Å². The highest BCUT2D eigenvalue weighted by Gasteiger charge is 2.11. The van der Waals surface area contributed by atoms with E-state index in [9.17, 15) is 0 Å². The molecule has 1 rings (SSSR count). The predicted octanol–water partition coefficient (Wildman–Crippen LogP) is 1.92. The van der Waals surface area contributed by atoms with E-state index in [1.165, 1.54) is 5.56 Å². The van der Waals surface area contributed by atoms with Gasteiger partial charge in [0, 0.05) is 19.0 Å². The fraction of sp³-hybridized carbons (Fsp3) is 0.500. The number of hydrogen-bond donors (Lipinski definition) is 2. The first-order valence-corrected chi connectivity index (χ1v) is 6.68. The molecule has 0 aliphatic rings. The minimum Gasteiger partial charge on any atom is -0.393 e. The maximum Gasteiger partial charge on any atom is 0.0768 e. The van der Waals surface area contributed by atoms with E-state index in [0.717, 1.165) is 25.2 Å². The third kappa shape index (κ3) is 4.72. The zero-order valence-electron chi connectivity index (χ0n) is 11.1. The molecule has 1 aromatic carbocycles. The highest BCUT2D eigenvalue weighted by atomic mass is 32.1. The van der Waals surface area contributed by atoms with Gasteiger partial charge in [0.05, 0.1) is 11.6 Å². The van der Waals surface area contributed by atoms with Crippen LogP contribution in [0.15, 0.2) is 24.3 Å². The Morgan fingerprint density at radius 2 is 1.89 bits per heavy atom. The van der Waals surface area contributed by atoms with Crippen molar-refractivity contribution in [2.45, 2.75) is 27.0 Å². The van der Waals surface area contributed by atoms with Gasteiger partial charge in [-0.3, -0.25) is 4.90 Å². The SMILES string of the molecule is CCN(Cc1ccc(CO)cc1)CC(C)C(N)=S. The van der Waals surface area contributed by atoms with E-state index in [1.807, 2.05) is 12.1 Å². The minimum atomic E-state index is 0.0935. The molecule has 3 N–H and O–H groups in total. The first kappa shape index (κ1) is 15.1. The molecule has 0 fully saturated rings. The maximum atomic E-state index is 9.00. The summed E-state index contributed by atoms with van der Waals surface area (Å²) in [5, 5.41) is 9.00. The van der Waals surface area contributed by atoms with Crippen molar-refractivity contribution in [3.8, 4) is 0 Å². The van der Waals surface area contributed by atoms with Crippen molar-refractivity contribution in [1.82, 2.24) is 4.90 Å². The van der Waals surface area contributed by atoms with Gasteiger partial charge in [-0.15, -0.1) is 0 Å². The van der Waals surface area contributed by atoms with Gasteiger partial charge in [0.25, 0.3) is 0 Å². The Kier molecular flexibility index (Phi) is 6.25. The lowest BCUT2D eigenvalue weighted by Gasteiger charge is -2.23. The topological polar surface area (TPSA) is 49.5 Å². The van der Waals surface area contributed by atoms with Crippen molar-refractivity contribution in [2.24, 2.45) is 11.7 Å². The highest BCUT2D eigenvalue weighted by Crippen LogP contribution is 2.09. The summed E-state index contributed by atoms with van der Waals surface area (Å²) in [4.78, 5) is 2.89. The second kappa shape index (κ2) is 7.46. The number of thiocarbonyl (C=S) groups is 1. The Morgan fingerprint density at radius 3 is 2.33 bits per heavy atom. The van der Waals surface area contributed by atoms with E-state index in [1.54, 1.807) is 0 Å². The van der Waals surface area contributed by atoms with Crippen LogP contribution in [-0.2, 0) is 13.2 Å². The van der Waals surface area contributed by atoms with Crippen molar-refractivity contribution in [3.05, 3.63) is 35.4 Å². The van der Waals surface area contributed by atoms with Crippen LogP contribution in [0, 0.1) is 5.92 Å². The number of aliphatic hydroxyl groups excluding tert-OH is 1. The fourth-order valence-electron chi connectivity index (χ4n) is 1.79. The summed E-state index contributed by atoms with van der Waals surface area (Å²) in [5.41, 5.74) is 7.83. The van der Waals surface area contributed by atoms with E-state index in [-0.39, 0.29) is 12.5 Å². The normalized spacial score (nSPS) is 12.7. The van der Waals surface area contributed by atoms with E-state index in [0.29, 0.717) is 4.99 Å². The monoisotopic (exact) mass is 266 g/mol. The summed E-state index contributed by atoms with van der Waals surface area (Å²) >= 11 is 5.01. The second-order valence-corrected chi connectivity index (χ2v) is 5.08. The quantitative estimate of drug-likeness (QED) is 0.740. The summed E-state index contributed by atoms with van der Waals surface area (Å²) < 4.78 is 0. The third-order valence-corrected chi connectivity index (χ3v) is 3.48. The highest BCUT2D eigenvalue weighted by molar-refractivity contribution is 7.80. The van der Waals surface area contributed by atoms with Gasteiger partial charge in [0.1, 0.15) is 0 Å². The summed E-state index contributed by atoms with van der Waals surface area (Å²) in [7, 11) is 0. The molecule has 0 saturated carbocycles. The van der Waals surface area contributed by atoms with Crippen molar-refractivity contribution < 1.29 is 5.11 Å². The van der Waals surface area contributed by atoms with Gasteiger partial charge in [-0.1, -0.05) is 50.3 Å². The van der Waals surface area contributed by atoms with Crippen molar-refractivity contribution in [2.75, 3.05) is 13.1 Å². The lowest BCUT2D eigenvalue weighted by atomic mass is 10.1. The molecule has 0 heterocycles. The number of nitrogens with two attached hydrogens (primary N) is 1. The van der Waals surface area contributed by atoms with Gasteiger partial charge in [0.15, 0.2) is 0 Å². The molecule has 0 aromatic heterocycles. The van der Waals surface area contributed by atoms with Crippen molar-refractivity contribution in [1.29, 1.82) is 0 Å². The molecule has 0 aliphatic carbocycles. The lowest BCUT2D eigenvalue weighted by Crippen LogP contribution is -2.33. The van der Waals surface area contributed by atoms with Gasteiger partial charge < -0.3 is 10.8 Å². The van der Waals surface area contributed by atoms with Crippen molar-refractivity contribution in [3.63, 3.8) is 0 Å². The molecule has 1 aromatic rings. The van der Waals surface area contributed by atoms with Crippen LogP contribution in [0.2, 0.25) is 0 Å². The molecule has 1 unspecified atom stereocenters. The molecule has 0 radical (unpaired) electrons. The standard InChI is InChI=1S/C14H22N2OS/c1-3-16(8-11(2)14(15)18)9-12-4-6-13(10-17)7-5-12/h4-7,11,17H,3,8-10H2,1-2H3,(H2,15,18). The Bertz CT molecular complexity index is 378. The number of rotatable bonds is 7. The third-order valence-electron chi connectivity index (χ3n) is 3.08. The maximum absolute atomic E-state index is 9.00. The Labute approximate surface area is 115 Å². The van der Waals surface area contributed by atoms with Crippen LogP contribution in [-0.4, -0.2) is 28.1 Å². The van der Waals surface area contributed by atoms with E-state index < -0.39 is 0 Å². The van der Waals surface area contributed by atoms with Crippen LogP contribution >= 0.6 is 12.2 Å². The van der Waals surface area contributed by atoms with Gasteiger partial charge >= 0.3 is 0 Å². The molecule has 100 valence electrons. The molecule has 0 spiro atoms. The summed E-state index contributed by atoms with van der Waals surface area (Å²) in [6, 6.07) is 8.03. The fourth-order valence-corrected chi connectivity index (χ4v) is 1.87. The minimum absolute atomic E-state index is 0.0935. The molecule has 0 bridgehead atoms. The van der Waals surface area contributed by atoms with Crippen LogP contribution < -0.4 is 5.73 Å². The molecule has 1 atom stereocenters. The first-order valence-electron chi connectivity index (χ1n) is 6.27. The number of nitrogens with zero attached hydrogens (tertiary/aromatic N) is 1. The molecule has 0 saturated heterocycles. The second-order valence-electron chi connectivity index (χ2n) is 4.61. The van der Waals surface area contributed by atoms with Crippen molar-refractivity contribution >= 4 is 17.2 Å². The average molecular weight is 266 g/mol. The summed E-state index contributed by atoms with van der Waals surface area (Å²) in [6.45, 7) is 7.02.